The van der Waals surface area contributed by atoms with Gasteiger partial charge in [0.05, 0.1) is 19.2 Å². The maximum Gasteiger partial charge on any atom is 0.375 e. The van der Waals surface area contributed by atoms with Crippen LogP contribution in [-0.2, 0) is 47.7 Å². The third kappa shape index (κ3) is 6.99. The van der Waals surface area contributed by atoms with Gasteiger partial charge in [0, 0.05) is 32.6 Å². The van der Waals surface area contributed by atoms with Gasteiger partial charge in [0.15, 0.2) is 18.4 Å². The Kier molecular flexibility index (Phi) is 10.1. The zero-order valence-electron chi connectivity index (χ0n) is 18.9. The molecule has 34 heavy (non-hydrogen) atoms. The Morgan fingerprint density at radius 2 is 1.71 bits per heavy atom. The standard InChI is InChI=1S/C18H24F2N4O10/c1-7(25)22-12-13(23-24-21)16(19)18(20,17(29)30-5)34-15(12)14(33-10(4)28)11(32-9(3)27)6-31-8(2)26/h11-16H,6H2,1-5H3,(H,22,25)/t11-,12-,13+,14-,15?,16?,18-/m1/s1. The van der Waals surface area contributed by atoms with E-state index in [4.69, 9.17) is 24.5 Å². The van der Waals surface area contributed by atoms with Crippen LogP contribution in [0.25, 0.3) is 10.4 Å². The van der Waals surface area contributed by atoms with Gasteiger partial charge in [-0.1, -0.05) is 5.11 Å². The van der Waals surface area contributed by atoms with E-state index in [0.29, 0.717) is 0 Å². The average molecular weight is 494 g/mol. The minimum absolute atomic E-state index is 0.725. The first kappa shape index (κ1) is 28.5. The zero-order valence-corrected chi connectivity index (χ0v) is 18.9. The van der Waals surface area contributed by atoms with Crippen molar-refractivity contribution in [2.75, 3.05) is 13.7 Å². The van der Waals surface area contributed by atoms with E-state index in [1.54, 1.807) is 0 Å². The lowest BCUT2D eigenvalue weighted by atomic mass is 9.86. The van der Waals surface area contributed by atoms with E-state index in [2.05, 4.69) is 20.1 Å². The van der Waals surface area contributed by atoms with Crippen molar-refractivity contribution in [3.8, 4) is 0 Å². The Hall–Kier alpha value is -3.52. The Morgan fingerprint density at radius 1 is 1.12 bits per heavy atom. The number of halogens is 2. The smallest absolute Gasteiger partial charge is 0.375 e. The molecule has 190 valence electrons. The summed E-state index contributed by atoms with van der Waals surface area (Å²) in [6, 6.07) is -3.88. The number of hydrogen-bond acceptors (Lipinski definition) is 11. The zero-order chi connectivity index (χ0) is 26.2. The Labute approximate surface area is 191 Å². The molecule has 0 saturated carbocycles. The van der Waals surface area contributed by atoms with E-state index in [-0.39, 0.29) is 0 Å². The molecular formula is C18H24F2N4O10. The van der Waals surface area contributed by atoms with E-state index in [0.717, 1.165) is 34.8 Å². The van der Waals surface area contributed by atoms with Crippen molar-refractivity contribution in [2.24, 2.45) is 5.11 Å². The van der Waals surface area contributed by atoms with E-state index in [9.17, 15) is 24.0 Å². The Bertz CT molecular complexity index is 868. The predicted octanol–water partition coefficient (Wildman–Crippen LogP) is 0.172. The first-order valence-electron chi connectivity index (χ1n) is 9.66. The molecule has 1 heterocycles. The molecule has 0 aromatic heterocycles. The molecule has 1 aliphatic rings. The van der Waals surface area contributed by atoms with Gasteiger partial charge >= 0.3 is 29.7 Å². The Morgan fingerprint density at radius 3 is 2.15 bits per heavy atom. The van der Waals surface area contributed by atoms with Gasteiger partial charge < -0.3 is 29.0 Å². The highest BCUT2D eigenvalue weighted by Crippen LogP contribution is 2.39. The molecular weight excluding hydrogens is 470 g/mol. The van der Waals surface area contributed by atoms with Crippen LogP contribution >= 0.6 is 0 Å². The maximum atomic E-state index is 15.5. The fourth-order valence-electron chi connectivity index (χ4n) is 3.25. The summed E-state index contributed by atoms with van der Waals surface area (Å²) in [5, 5.41) is 5.34. The summed E-state index contributed by atoms with van der Waals surface area (Å²) >= 11 is 0. The average Bonchev–Trinajstić information content (AvgIpc) is 2.73. The number of methoxy groups -OCH3 is 1. The van der Waals surface area contributed by atoms with Crippen LogP contribution in [0.2, 0.25) is 0 Å². The van der Waals surface area contributed by atoms with Crippen molar-refractivity contribution in [1.82, 2.24) is 5.32 Å². The minimum Gasteiger partial charge on any atom is -0.465 e. The van der Waals surface area contributed by atoms with Gasteiger partial charge in [-0.25, -0.2) is 9.18 Å². The highest BCUT2D eigenvalue weighted by molar-refractivity contribution is 5.79. The maximum absolute atomic E-state index is 15.5. The van der Waals surface area contributed by atoms with Crippen molar-refractivity contribution in [3.63, 3.8) is 0 Å². The van der Waals surface area contributed by atoms with Crippen LogP contribution in [0.15, 0.2) is 5.11 Å². The monoisotopic (exact) mass is 494 g/mol. The molecule has 1 rings (SSSR count). The van der Waals surface area contributed by atoms with E-state index < -0.39 is 78.8 Å². The van der Waals surface area contributed by atoms with Gasteiger partial charge in [0.2, 0.25) is 5.91 Å². The van der Waals surface area contributed by atoms with Gasteiger partial charge in [-0.2, -0.15) is 4.39 Å². The molecule has 0 spiro atoms. The number of alkyl halides is 2. The topological polar surface area (TPSA) is 192 Å². The number of azide groups is 1. The molecule has 2 unspecified atom stereocenters. The quantitative estimate of drug-likeness (QED) is 0.152. The summed E-state index contributed by atoms with van der Waals surface area (Å²) in [4.78, 5) is 61.1. The van der Waals surface area contributed by atoms with Crippen molar-refractivity contribution >= 4 is 29.8 Å². The molecule has 1 saturated heterocycles. The number of carbonyl (C=O) groups is 5. The van der Waals surface area contributed by atoms with Crippen LogP contribution in [0.1, 0.15) is 27.7 Å². The first-order valence-corrected chi connectivity index (χ1v) is 9.66. The number of esters is 4. The van der Waals surface area contributed by atoms with Gasteiger partial charge in [-0.3, -0.25) is 19.2 Å². The molecule has 14 nitrogen and oxygen atoms in total. The normalized spacial score (nSPS) is 27.7. The largest absolute Gasteiger partial charge is 0.465 e. The third-order valence-corrected chi connectivity index (χ3v) is 4.46. The molecule has 1 N–H and O–H groups in total. The molecule has 0 aromatic carbocycles. The molecule has 1 aliphatic heterocycles. The van der Waals surface area contributed by atoms with Crippen molar-refractivity contribution in [2.45, 2.75) is 70.1 Å². The lowest BCUT2D eigenvalue weighted by molar-refractivity contribution is -0.280. The van der Waals surface area contributed by atoms with Crippen LogP contribution in [-0.4, -0.2) is 85.9 Å². The summed E-state index contributed by atoms with van der Waals surface area (Å²) in [5.41, 5.74) is 8.89. The van der Waals surface area contributed by atoms with Crippen LogP contribution in [0.5, 0.6) is 0 Å². The van der Waals surface area contributed by atoms with Crippen LogP contribution in [0, 0.1) is 0 Å². The second-order valence-corrected chi connectivity index (χ2v) is 7.07. The molecule has 0 aromatic rings. The van der Waals surface area contributed by atoms with Gasteiger partial charge in [-0.05, 0) is 5.53 Å². The van der Waals surface area contributed by atoms with Crippen molar-refractivity contribution < 1.29 is 56.4 Å². The number of carbonyl (C=O) groups excluding carboxylic acids is 5. The summed E-state index contributed by atoms with van der Waals surface area (Å²) in [6.45, 7) is 3.11. The lowest BCUT2D eigenvalue weighted by Gasteiger charge is -2.47. The minimum atomic E-state index is -3.89. The summed E-state index contributed by atoms with van der Waals surface area (Å²) in [5.74, 6) is -9.44. The number of rotatable bonds is 9. The summed E-state index contributed by atoms with van der Waals surface area (Å²) in [7, 11) is 0.725. The third-order valence-electron chi connectivity index (χ3n) is 4.46. The summed E-state index contributed by atoms with van der Waals surface area (Å²) < 4.78 is 54.9. The van der Waals surface area contributed by atoms with E-state index in [1.807, 2.05) is 0 Å². The second-order valence-electron chi connectivity index (χ2n) is 7.07. The van der Waals surface area contributed by atoms with Crippen molar-refractivity contribution in [1.29, 1.82) is 0 Å². The van der Waals surface area contributed by atoms with Gasteiger partial charge in [0.25, 0.3) is 0 Å². The number of nitrogens with zero attached hydrogens (tertiary/aromatic N) is 3. The van der Waals surface area contributed by atoms with Gasteiger partial charge in [0.1, 0.15) is 12.7 Å². The van der Waals surface area contributed by atoms with Gasteiger partial charge in [-0.15, -0.1) is 0 Å². The summed E-state index contributed by atoms with van der Waals surface area (Å²) in [6.07, 6.45) is -8.58. The molecule has 16 heteroatoms. The predicted molar refractivity (Wildman–Crippen MR) is 104 cm³/mol. The fraction of sp³-hybridized carbons (Fsp3) is 0.722. The molecule has 0 radical (unpaired) electrons. The molecule has 7 atom stereocenters. The second kappa shape index (κ2) is 12.1. The SMILES string of the molecule is COC(=O)[C@]1(F)OC([C@H](OC(C)=O)[C@@H](COC(C)=O)OC(C)=O)[C@H](NC(C)=O)[C@H](N=[N+]=[N-])C1F. The highest BCUT2D eigenvalue weighted by Gasteiger charge is 2.64. The highest BCUT2D eigenvalue weighted by atomic mass is 19.2. The molecule has 1 amide bonds. The Balaban J connectivity index is 3.73. The van der Waals surface area contributed by atoms with E-state index >= 15 is 8.78 Å². The number of hydrogen-bond donors (Lipinski definition) is 1. The molecule has 1 fully saturated rings. The molecule has 0 bridgehead atoms. The number of amides is 1. The van der Waals surface area contributed by atoms with Crippen LogP contribution in [0.3, 0.4) is 0 Å². The van der Waals surface area contributed by atoms with E-state index in [1.165, 1.54) is 0 Å². The molecule has 0 aliphatic carbocycles. The van der Waals surface area contributed by atoms with Crippen molar-refractivity contribution in [3.05, 3.63) is 10.4 Å². The first-order chi connectivity index (χ1) is 15.8. The number of ether oxygens (including phenoxy) is 5. The lowest BCUT2D eigenvalue weighted by Crippen LogP contribution is -2.71. The van der Waals surface area contributed by atoms with Crippen LogP contribution in [0.4, 0.5) is 8.78 Å². The number of nitrogens with one attached hydrogen (secondary N) is 1. The fourth-order valence-corrected chi connectivity index (χ4v) is 3.25. The van der Waals surface area contributed by atoms with Crippen LogP contribution < -0.4 is 5.32 Å².